The van der Waals surface area contributed by atoms with Gasteiger partial charge in [0.1, 0.15) is 5.69 Å². The Morgan fingerprint density at radius 2 is 2.27 bits per heavy atom. The van der Waals surface area contributed by atoms with Crippen LogP contribution < -0.4 is 5.32 Å². The standard InChI is InChI=1S/C15H16N4O2S/c1-10(20)19-8-3-6-13(19)11-4-2-5-12(17-11)14(21)18-15-16-7-9-22-15/h2,4-5,7,9,13H,3,6,8H2,1H3,(H,16,18,21)/t13-/m0/s1. The summed E-state index contributed by atoms with van der Waals surface area (Å²) in [5.74, 6) is -0.244. The number of pyridine rings is 1. The van der Waals surface area contributed by atoms with Crippen LogP contribution >= 0.6 is 11.3 Å². The van der Waals surface area contributed by atoms with Gasteiger partial charge in [0.15, 0.2) is 5.13 Å². The lowest BCUT2D eigenvalue weighted by Crippen LogP contribution is -2.29. The fourth-order valence-corrected chi connectivity index (χ4v) is 3.18. The van der Waals surface area contributed by atoms with E-state index in [-0.39, 0.29) is 17.9 Å². The minimum absolute atomic E-state index is 0.0369. The third-order valence-corrected chi connectivity index (χ3v) is 4.34. The Labute approximate surface area is 132 Å². The number of carbonyl (C=O) groups is 2. The van der Waals surface area contributed by atoms with Crippen molar-refractivity contribution < 1.29 is 9.59 Å². The highest BCUT2D eigenvalue weighted by Gasteiger charge is 2.29. The zero-order chi connectivity index (χ0) is 15.5. The van der Waals surface area contributed by atoms with Crippen molar-refractivity contribution in [1.82, 2.24) is 14.9 Å². The van der Waals surface area contributed by atoms with Crippen molar-refractivity contribution in [2.24, 2.45) is 0 Å². The number of hydrogen-bond acceptors (Lipinski definition) is 5. The van der Waals surface area contributed by atoms with Gasteiger partial charge in [-0.2, -0.15) is 0 Å². The van der Waals surface area contributed by atoms with Gasteiger partial charge in [0.25, 0.3) is 5.91 Å². The minimum atomic E-state index is -0.288. The zero-order valence-electron chi connectivity index (χ0n) is 12.2. The fraction of sp³-hybridized carbons (Fsp3) is 0.333. The average Bonchev–Trinajstić information content (AvgIpc) is 3.18. The highest BCUT2D eigenvalue weighted by atomic mass is 32.1. The molecule has 1 aliphatic rings. The number of anilines is 1. The van der Waals surface area contributed by atoms with Gasteiger partial charge >= 0.3 is 0 Å². The molecule has 0 saturated carbocycles. The number of carbonyl (C=O) groups excluding carboxylic acids is 2. The van der Waals surface area contributed by atoms with Gasteiger partial charge in [0.2, 0.25) is 5.91 Å². The average molecular weight is 316 g/mol. The van der Waals surface area contributed by atoms with E-state index in [1.807, 2.05) is 11.0 Å². The highest BCUT2D eigenvalue weighted by Crippen LogP contribution is 2.30. The summed E-state index contributed by atoms with van der Waals surface area (Å²) < 4.78 is 0. The molecule has 0 radical (unpaired) electrons. The Hall–Kier alpha value is -2.28. The molecule has 0 unspecified atom stereocenters. The molecule has 1 saturated heterocycles. The van der Waals surface area contributed by atoms with E-state index < -0.39 is 0 Å². The van der Waals surface area contributed by atoms with Gasteiger partial charge < -0.3 is 4.90 Å². The van der Waals surface area contributed by atoms with Crippen LogP contribution in [0, 0.1) is 0 Å². The molecule has 22 heavy (non-hydrogen) atoms. The molecule has 0 aliphatic carbocycles. The number of rotatable bonds is 3. The quantitative estimate of drug-likeness (QED) is 0.944. The van der Waals surface area contributed by atoms with Crippen LogP contribution in [0.2, 0.25) is 0 Å². The fourth-order valence-electron chi connectivity index (χ4n) is 2.66. The van der Waals surface area contributed by atoms with E-state index >= 15 is 0 Å². The Kier molecular flexibility index (Phi) is 4.15. The van der Waals surface area contributed by atoms with Crippen LogP contribution in [-0.2, 0) is 4.79 Å². The summed E-state index contributed by atoms with van der Waals surface area (Å²) in [6.07, 6.45) is 3.47. The first-order chi connectivity index (χ1) is 10.6. The van der Waals surface area contributed by atoms with Crippen molar-refractivity contribution in [3.8, 4) is 0 Å². The smallest absolute Gasteiger partial charge is 0.276 e. The van der Waals surface area contributed by atoms with Crippen molar-refractivity contribution >= 4 is 28.3 Å². The molecular weight excluding hydrogens is 300 g/mol. The second kappa shape index (κ2) is 6.23. The van der Waals surface area contributed by atoms with Crippen LogP contribution in [0.4, 0.5) is 5.13 Å². The van der Waals surface area contributed by atoms with Gasteiger partial charge in [-0.05, 0) is 25.0 Å². The summed E-state index contributed by atoms with van der Waals surface area (Å²) in [4.78, 5) is 34.2. The SMILES string of the molecule is CC(=O)N1CCC[C@H]1c1cccc(C(=O)Nc2nccs2)n1. The molecule has 0 bridgehead atoms. The first kappa shape index (κ1) is 14.6. The summed E-state index contributed by atoms with van der Waals surface area (Å²) in [6, 6.07) is 5.30. The predicted molar refractivity (Wildman–Crippen MR) is 83.7 cm³/mol. The Morgan fingerprint density at radius 3 is 3.00 bits per heavy atom. The lowest BCUT2D eigenvalue weighted by atomic mass is 10.1. The molecule has 1 fully saturated rings. The van der Waals surface area contributed by atoms with Gasteiger partial charge in [0.05, 0.1) is 11.7 Å². The monoisotopic (exact) mass is 316 g/mol. The van der Waals surface area contributed by atoms with Crippen molar-refractivity contribution in [3.63, 3.8) is 0 Å². The summed E-state index contributed by atoms with van der Waals surface area (Å²) in [5.41, 5.74) is 1.10. The summed E-state index contributed by atoms with van der Waals surface area (Å²) >= 11 is 1.36. The third kappa shape index (κ3) is 2.99. The van der Waals surface area contributed by atoms with Crippen LogP contribution in [0.3, 0.4) is 0 Å². The normalized spacial score (nSPS) is 17.5. The second-order valence-corrected chi connectivity index (χ2v) is 6.00. The molecule has 1 aliphatic heterocycles. The van der Waals surface area contributed by atoms with Crippen molar-refractivity contribution in [3.05, 3.63) is 41.2 Å². The van der Waals surface area contributed by atoms with Gasteiger partial charge in [0, 0.05) is 25.0 Å². The van der Waals surface area contributed by atoms with Gasteiger partial charge in [-0.1, -0.05) is 6.07 Å². The maximum Gasteiger partial charge on any atom is 0.276 e. The predicted octanol–water partition coefficient (Wildman–Crippen LogP) is 2.47. The molecule has 2 aromatic rings. The number of nitrogens with one attached hydrogen (secondary N) is 1. The van der Waals surface area contributed by atoms with Crippen LogP contribution in [0.25, 0.3) is 0 Å². The minimum Gasteiger partial charge on any atom is -0.334 e. The number of nitrogens with zero attached hydrogens (tertiary/aromatic N) is 3. The molecule has 1 N–H and O–H groups in total. The maximum atomic E-state index is 12.2. The maximum absolute atomic E-state index is 12.2. The zero-order valence-corrected chi connectivity index (χ0v) is 13.0. The van der Waals surface area contributed by atoms with E-state index in [0.29, 0.717) is 10.8 Å². The summed E-state index contributed by atoms with van der Waals surface area (Å²) in [5, 5.41) is 5.05. The van der Waals surface area contributed by atoms with E-state index in [1.54, 1.807) is 30.6 Å². The lowest BCUT2D eigenvalue weighted by Gasteiger charge is -2.23. The number of hydrogen-bond donors (Lipinski definition) is 1. The van der Waals surface area contributed by atoms with E-state index in [9.17, 15) is 9.59 Å². The van der Waals surface area contributed by atoms with Gasteiger partial charge in [-0.3, -0.25) is 14.9 Å². The first-order valence-corrected chi connectivity index (χ1v) is 7.98. The largest absolute Gasteiger partial charge is 0.334 e. The molecule has 2 aromatic heterocycles. The summed E-state index contributed by atoms with van der Waals surface area (Å²) in [6.45, 7) is 2.31. The topological polar surface area (TPSA) is 75.2 Å². The number of aromatic nitrogens is 2. The van der Waals surface area contributed by atoms with E-state index in [2.05, 4.69) is 15.3 Å². The Balaban J connectivity index is 1.80. The molecule has 0 aromatic carbocycles. The molecule has 3 heterocycles. The number of likely N-dealkylation sites (tertiary alicyclic amines) is 1. The number of amides is 2. The van der Waals surface area contributed by atoms with Crippen LogP contribution in [0.5, 0.6) is 0 Å². The van der Waals surface area contributed by atoms with Crippen LogP contribution in [0.1, 0.15) is 42.0 Å². The van der Waals surface area contributed by atoms with Crippen LogP contribution in [0.15, 0.2) is 29.8 Å². The molecule has 2 amide bonds. The van der Waals surface area contributed by atoms with E-state index in [1.165, 1.54) is 11.3 Å². The molecule has 3 rings (SSSR count). The second-order valence-electron chi connectivity index (χ2n) is 5.11. The van der Waals surface area contributed by atoms with Gasteiger partial charge in [-0.25, -0.2) is 9.97 Å². The molecular formula is C15H16N4O2S. The van der Waals surface area contributed by atoms with E-state index in [0.717, 1.165) is 25.1 Å². The molecule has 1 atom stereocenters. The van der Waals surface area contributed by atoms with Crippen molar-refractivity contribution in [1.29, 1.82) is 0 Å². The highest BCUT2D eigenvalue weighted by molar-refractivity contribution is 7.13. The van der Waals surface area contributed by atoms with Crippen LogP contribution in [-0.4, -0.2) is 33.2 Å². The molecule has 7 heteroatoms. The van der Waals surface area contributed by atoms with Crippen molar-refractivity contribution in [2.75, 3.05) is 11.9 Å². The lowest BCUT2D eigenvalue weighted by molar-refractivity contribution is -0.129. The van der Waals surface area contributed by atoms with Gasteiger partial charge in [-0.15, -0.1) is 11.3 Å². The number of thiazole rings is 1. The molecule has 6 nitrogen and oxygen atoms in total. The Bertz CT molecular complexity index is 687. The summed E-state index contributed by atoms with van der Waals surface area (Å²) in [7, 11) is 0. The first-order valence-electron chi connectivity index (χ1n) is 7.10. The molecule has 0 spiro atoms. The Morgan fingerprint density at radius 1 is 1.41 bits per heavy atom. The molecule has 114 valence electrons. The van der Waals surface area contributed by atoms with E-state index in [4.69, 9.17) is 0 Å². The van der Waals surface area contributed by atoms with Crippen molar-refractivity contribution in [2.45, 2.75) is 25.8 Å². The third-order valence-electron chi connectivity index (χ3n) is 3.65.